The van der Waals surface area contributed by atoms with Crippen LogP contribution in [0.5, 0.6) is 0 Å². The van der Waals surface area contributed by atoms with Gasteiger partial charge in [-0.1, -0.05) is 12.1 Å². The molecule has 1 heterocycles. The smallest absolute Gasteiger partial charge is 0.123 e. The average Bonchev–Trinajstić information content (AvgIpc) is 2.62. The summed E-state index contributed by atoms with van der Waals surface area (Å²) in [6.07, 6.45) is 2.35. The predicted molar refractivity (Wildman–Crippen MR) is 53.7 cm³/mol. The minimum Gasteiger partial charge on any atom is -0.469 e. The van der Waals surface area contributed by atoms with Crippen LogP contribution in [-0.2, 0) is 6.42 Å². The molecule has 0 aliphatic rings. The van der Waals surface area contributed by atoms with Crippen molar-refractivity contribution in [2.24, 2.45) is 0 Å². The zero-order valence-corrected chi connectivity index (χ0v) is 8.03. The van der Waals surface area contributed by atoms with Crippen molar-refractivity contribution in [3.05, 3.63) is 59.8 Å². The zero-order valence-electron chi connectivity index (χ0n) is 8.03. The third-order valence-corrected chi connectivity index (χ3v) is 1.87. The summed E-state index contributed by atoms with van der Waals surface area (Å²) >= 11 is 0. The Labute approximate surface area is 94.1 Å². The first-order valence-electron chi connectivity index (χ1n) is 4.11. The van der Waals surface area contributed by atoms with Gasteiger partial charge in [-0.3, -0.25) is 0 Å². The Balaban J connectivity index is 0.000000980. The molecule has 0 saturated carbocycles. The number of halogens is 1. The van der Waals surface area contributed by atoms with E-state index in [0.717, 1.165) is 11.3 Å². The van der Waals surface area contributed by atoms with Crippen LogP contribution in [0.2, 0.25) is 0 Å². The van der Waals surface area contributed by atoms with Crippen LogP contribution in [0.4, 0.5) is 4.39 Å². The van der Waals surface area contributed by atoms with Crippen molar-refractivity contribution in [1.82, 2.24) is 0 Å². The predicted octanol–water partition coefficient (Wildman–Crippen LogP) is 2.63. The Hall–Kier alpha value is -0.973. The van der Waals surface area contributed by atoms with Gasteiger partial charge in [0.15, 0.2) is 0 Å². The molecule has 1 aromatic carbocycles. The molecule has 14 heavy (non-hydrogen) atoms. The monoisotopic (exact) mass is 183 g/mol. The molecule has 0 amide bonds. The largest absolute Gasteiger partial charge is 0.469 e. The molecule has 67 valence electrons. The fourth-order valence-corrected chi connectivity index (χ4v) is 1.22. The van der Waals surface area contributed by atoms with Gasteiger partial charge < -0.3 is 4.42 Å². The third-order valence-electron chi connectivity index (χ3n) is 1.87. The summed E-state index contributed by atoms with van der Waals surface area (Å²) in [6, 6.07) is 10.2. The van der Waals surface area contributed by atoms with E-state index in [-0.39, 0.29) is 24.7 Å². The fraction of sp³-hybridized carbons (Fsp3) is 0.0909. The molecule has 0 unspecified atom stereocenters. The minimum atomic E-state index is -0.205. The molecule has 2 rings (SSSR count). The van der Waals surface area contributed by atoms with E-state index in [1.54, 1.807) is 18.4 Å². The molecule has 1 aromatic heterocycles. The van der Waals surface area contributed by atoms with Crippen molar-refractivity contribution in [3.8, 4) is 0 Å². The molecule has 0 bridgehead atoms. The van der Waals surface area contributed by atoms with Gasteiger partial charge in [-0.2, -0.15) is 0 Å². The Morgan fingerprint density at radius 3 is 2.36 bits per heavy atom. The molecule has 2 aromatic rings. The normalized spacial score (nSPS) is 9.50. The molecule has 1 radical (unpaired) electrons. The molecular formula is C11H9FLiO. The summed E-state index contributed by atoms with van der Waals surface area (Å²) in [5.74, 6) is 0.690. The van der Waals surface area contributed by atoms with Crippen molar-refractivity contribution in [3.63, 3.8) is 0 Å². The van der Waals surface area contributed by atoms with Gasteiger partial charge in [-0.05, 0) is 29.8 Å². The molecule has 0 aliphatic carbocycles. The van der Waals surface area contributed by atoms with E-state index in [1.165, 1.54) is 12.1 Å². The van der Waals surface area contributed by atoms with Gasteiger partial charge in [0, 0.05) is 25.3 Å². The summed E-state index contributed by atoms with van der Waals surface area (Å²) in [6.45, 7) is 0. The van der Waals surface area contributed by atoms with Crippen LogP contribution < -0.4 is 0 Å². The SMILES string of the molecule is Fc1ccc(Cc2ccco2)cc1.[Li]. The van der Waals surface area contributed by atoms with E-state index in [4.69, 9.17) is 4.42 Å². The summed E-state index contributed by atoms with van der Waals surface area (Å²) in [7, 11) is 0. The van der Waals surface area contributed by atoms with E-state index >= 15 is 0 Å². The minimum absolute atomic E-state index is 0. The van der Waals surface area contributed by atoms with Crippen molar-refractivity contribution >= 4 is 18.9 Å². The summed E-state index contributed by atoms with van der Waals surface area (Å²) in [4.78, 5) is 0. The second-order valence-electron chi connectivity index (χ2n) is 2.88. The molecule has 0 N–H and O–H groups in total. The van der Waals surface area contributed by atoms with Crippen LogP contribution in [0.15, 0.2) is 47.1 Å². The topological polar surface area (TPSA) is 13.1 Å². The summed E-state index contributed by atoms with van der Waals surface area (Å²) in [5.41, 5.74) is 1.05. The first kappa shape index (κ1) is 11.1. The van der Waals surface area contributed by atoms with Gasteiger partial charge in [-0.15, -0.1) is 0 Å². The fourth-order valence-electron chi connectivity index (χ4n) is 1.22. The number of benzene rings is 1. The van der Waals surface area contributed by atoms with Gasteiger partial charge in [0.2, 0.25) is 0 Å². The van der Waals surface area contributed by atoms with Gasteiger partial charge in [0.05, 0.1) is 6.26 Å². The summed E-state index contributed by atoms with van der Waals surface area (Å²) < 4.78 is 17.7. The molecule has 0 fully saturated rings. The Morgan fingerprint density at radius 1 is 1.07 bits per heavy atom. The molecule has 0 atom stereocenters. The maximum atomic E-state index is 12.5. The maximum Gasteiger partial charge on any atom is 0.123 e. The van der Waals surface area contributed by atoms with Gasteiger partial charge in [-0.25, -0.2) is 4.39 Å². The van der Waals surface area contributed by atoms with Crippen LogP contribution in [0.1, 0.15) is 11.3 Å². The quantitative estimate of drug-likeness (QED) is 0.652. The van der Waals surface area contributed by atoms with E-state index in [9.17, 15) is 4.39 Å². The summed E-state index contributed by atoms with van der Waals surface area (Å²) in [5, 5.41) is 0. The van der Waals surface area contributed by atoms with E-state index in [0.29, 0.717) is 6.42 Å². The van der Waals surface area contributed by atoms with E-state index in [1.807, 2.05) is 12.1 Å². The molecule has 0 aliphatic heterocycles. The van der Waals surface area contributed by atoms with Crippen LogP contribution in [-0.4, -0.2) is 18.9 Å². The van der Waals surface area contributed by atoms with Crippen molar-refractivity contribution in [2.45, 2.75) is 6.42 Å². The molecule has 0 spiro atoms. The van der Waals surface area contributed by atoms with Crippen LogP contribution in [0.25, 0.3) is 0 Å². The standard InChI is InChI=1S/C11H9FO.Li/c12-10-5-3-9(4-6-10)8-11-2-1-7-13-11;/h1-7H,8H2;. The van der Waals surface area contributed by atoms with E-state index < -0.39 is 0 Å². The Morgan fingerprint density at radius 2 is 1.79 bits per heavy atom. The first-order chi connectivity index (χ1) is 6.34. The van der Waals surface area contributed by atoms with Crippen LogP contribution in [0.3, 0.4) is 0 Å². The van der Waals surface area contributed by atoms with Gasteiger partial charge >= 0.3 is 0 Å². The van der Waals surface area contributed by atoms with Crippen molar-refractivity contribution < 1.29 is 8.81 Å². The Kier molecular flexibility index (Phi) is 4.00. The van der Waals surface area contributed by atoms with Crippen molar-refractivity contribution in [1.29, 1.82) is 0 Å². The molecule has 0 saturated heterocycles. The van der Waals surface area contributed by atoms with Crippen LogP contribution >= 0.6 is 0 Å². The third kappa shape index (κ3) is 2.76. The number of hydrogen-bond donors (Lipinski definition) is 0. The van der Waals surface area contributed by atoms with Crippen molar-refractivity contribution in [2.75, 3.05) is 0 Å². The second-order valence-corrected chi connectivity index (χ2v) is 2.88. The molecule has 1 nitrogen and oxygen atoms in total. The van der Waals surface area contributed by atoms with E-state index in [2.05, 4.69) is 0 Å². The second kappa shape index (κ2) is 5.04. The first-order valence-corrected chi connectivity index (χ1v) is 4.11. The number of rotatable bonds is 2. The Bertz CT molecular complexity index is 367. The number of hydrogen-bond acceptors (Lipinski definition) is 1. The van der Waals surface area contributed by atoms with Crippen LogP contribution in [0, 0.1) is 5.82 Å². The van der Waals surface area contributed by atoms with Gasteiger partial charge in [0.25, 0.3) is 0 Å². The van der Waals surface area contributed by atoms with Gasteiger partial charge in [0.1, 0.15) is 11.6 Å². The molecule has 3 heteroatoms. The molecular weight excluding hydrogens is 174 g/mol. The maximum absolute atomic E-state index is 12.5. The average molecular weight is 183 g/mol. The zero-order chi connectivity index (χ0) is 9.10. The number of furan rings is 1.